The molecule has 5 heteroatoms. The Kier molecular flexibility index (Phi) is 2.21. The standard InChI is InChI=1S/C11H11N3O2/c1-2-4-11-10(3-1)15-8-9(16-11)7-14-6-5-12-13-14/h1-6,9H,7-8H2. The Labute approximate surface area is 92.6 Å². The molecule has 0 amide bonds. The van der Waals surface area contributed by atoms with Crippen LogP contribution >= 0.6 is 0 Å². The molecule has 1 aliphatic heterocycles. The van der Waals surface area contributed by atoms with Gasteiger partial charge in [-0.1, -0.05) is 17.3 Å². The van der Waals surface area contributed by atoms with Gasteiger partial charge in [-0.2, -0.15) is 0 Å². The van der Waals surface area contributed by atoms with Gasteiger partial charge in [0.1, 0.15) is 6.61 Å². The lowest BCUT2D eigenvalue weighted by molar-refractivity contribution is 0.0755. The zero-order valence-electron chi connectivity index (χ0n) is 8.61. The molecule has 5 nitrogen and oxygen atoms in total. The lowest BCUT2D eigenvalue weighted by Gasteiger charge is -2.26. The quantitative estimate of drug-likeness (QED) is 0.756. The van der Waals surface area contributed by atoms with Gasteiger partial charge < -0.3 is 9.47 Å². The SMILES string of the molecule is c1ccc2c(c1)OCC(Cn1ccnn1)O2. The van der Waals surface area contributed by atoms with Crippen molar-refractivity contribution < 1.29 is 9.47 Å². The Morgan fingerprint density at radius 1 is 1.31 bits per heavy atom. The van der Waals surface area contributed by atoms with Gasteiger partial charge in [0, 0.05) is 6.20 Å². The van der Waals surface area contributed by atoms with Crippen molar-refractivity contribution in [1.82, 2.24) is 15.0 Å². The first kappa shape index (κ1) is 9.21. The Morgan fingerprint density at radius 2 is 2.19 bits per heavy atom. The van der Waals surface area contributed by atoms with Crippen LogP contribution in [0.5, 0.6) is 11.5 Å². The summed E-state index contributed by atoms with van der Waals surface area (Å²) in [5, 5.41) is 7.65. The summed E-state index contributed by atoms with van der Waals surface area (Å²) >= 11 is 0. The first-order chi connectivity index (χ1) is 7.92. The summed E-state index contributed by atoms with van der Waals surface area (Å²) in [6, 6.07) is 7.67. The number of ether oxygens (including phenoxy) is 2. The average molecular weight is 217 g/mol. The Hall–Kier alpha value is -2.04. The van der Waals surface area contributed by atoms with E-state index >= 15 is 0 Å². The van der Waals surface area contributed by atoms with Gasteiger partial charge in [-0.15, -0.1) is 5.10 Å². The van der Waals surface area contributed by atoms with Crippen molar-refractivity contribution in [3.05, 3.63) is 36.7 Å². The molecule has 0 radical (unpaired) electrons. The van der Waals surface area contributed by atoms with E-state index in [4.69, 9.17) is 9.47 Å². The van der Waals surface area contributed by atoms with Gasteiger partial charge in [-0.3, -0.25) is 0 Å². The van der Waals surface area contributed by atoms with E-state index in [0.29, 0.717) is 13.2 Å². The molecule has 0 saturated carbocycles. The molecule has 1 atom stereocenters. The maximum absolute atomic E-state index is 5.79. The van der Waals surface area contributed by atoms with E-state index in [1.54, 1.807) is 10.9 Å². The topological polar surface area (TPSA) is 49.2 Å². The van der Waals surface area contributed by atoms with Crippen molar-refractivity contribution in [3.8, 4) is 11.5 Å². The van der Waals surface area contributed by atoms with Crippen LogP contribution in [0.3, 0.4) is 0 Å². The second-order valence-corrected chi connectivity index (χ2v) is 3.62. The molecule has 0 N–H and O–H groups in total. The molecule has 1 unspecified atom stereocenters. The van der Waals surface area contributed by atoms with Crippen LogP contribution in [0.15, 0.2) is 36.7 Å². The summed E-state index contributed by atoms with van der Waals surface area (Å²) in [7, 11) is 0. The smallest absolute Gasteiger partial charge is 0.161 e. The molecule has 0 aliphatic carbocycles. The second kappa shape index (κ2) is 3.84. The number of para-hydroxylation sites is 2. The highest BCUT2D eigenvalue weighted by Crippen LogP contribution is 2.30. The Bertz CT molecular complexity index is 470. The fourth-order valence-electron chi connectivity index (χ4n) is 1.69. The van der Waals surface area contributed by atoms with Crippen LogP contribution in [0.1, 0.15) is 0 Å². The van der Waals surface area contributed by atoms with E-state index in [0.717, 1.165) is 11.5 Å². The minimum Gasteiger partial charge on any atom is -0.486 e. The van der Waals surface area contributed by atoms with E-state index < -0.39 is 0 Å². The van der Waals surface area contributed by atoms with Crippen LogP contribution in [-0.4, -0.2) is 27.7 Å². The molecule has 0 bridgehead atoms. The van der Waals surface area contributed by atoms with E-state index in [-0.39, 0.29) is 6.10 Å². The molecule has 1 aromatic heterocycles. The Balaban J connectivity index is 1.73. The zero-order chi connectivity index (χ0) is 10.8. The van der Waals surface area contributed by atoms with Gasteiger partial charge in [0.15, 0.2) is 17.6 Å². The lowest BCUT2D eigenvalue weighted by atomic mass is 10.2. The Morgan fingerprint density at radius 3 is 3.00 bits per heavy atom. The van der Waals surface area contributed by atoms with Gasteiger partial charge in [-0.05, 0) is 12.1 Å². The highest BCUT2D eigenvalue weighted by molar-refractivity contribution is 5.40. The van der Waals surface area contributed by atoms with Crippen LogP contribution < -0.4 is 9.47 Å². The van der Waals surface area contributed by atoms with E-state index in [1.165, 1.54) is 0 Å². The number of benzene rings is 1. The number of hydrogen-bond donors (Lipinski definition) is 0. The van der Waals surface area contributed by atoms with Gasteiger partial charge in [0.25, 0.3) is 0 Å². The molecule has 82 valence electrons. The third-order valence-electron chi connectivity index (χ3n) is 2.43. The number of hydrogen-bond acceptors (Lipinski definition) is 4. The third-order valence-corrected chi connectivity index (χ3v) is 2.43. The molecule has 1 aromatic carbocycles. The molecule has 1 aliphatic rings. The van der Waals surface area contributed by atoms with Crippen molar-refractivity contribution in [3.63, 3.8) is 0 Å². The fourth-order valence-corrected chi connectivity index (χ4v) is 1.69. The predicted octanol–water partition coefficient (Wildman–Crippen LogP) is 1.12. The van der Waals surface area contributed by atoms with Crippen LogP contribution in [0.2, 0.25) is 0 Å². The average Bonchev–Trinajstić information content (AvgIpc) is 2.82. The number of rotatable bonds is 2. The van der Waals surface area contributed by atoms with Gasteiger partial charge in [-0.25, -0.2) is 4.68 Å². The van der Waals surface area contributed by atoms with E-state index in [1.807, 2.05) is 30.5 Å². The lowest BCUT2D eigenvalue weighted by Crippen LogP contribution is -2.33. The zero-order valence-corrected chi connectivity index (χ0v) is 8.61. The van der Waals surface area contributed by atoms with Crippen molar-refractivity contribution >= 4 is 0 Å². The summed E-state index contributed by atoms with van der Waals surface area (Å²) in [4.78, 5) is 0. The van der Waals surface area contributed by atoms with E-state index in [9.17, 15) is 0 Å². The monoisotopic (exact) mass is 217 g/mol. The predicted molar refractivity (Wildman–Crippen MR) is 56.4 cm³/mol. The number of fused-ring (bicyclic) bond motifs is 1. The van der Waals surface area contributed by atoms with Gasteiger partial charge in [0.05, 0.1) is 12.7 Å². The third kappa shape index (κ3) is 1.71. The molecule has 0 spiro atoms. The van der Waals surface area contributed by atoms with Crippen LogP contribution in [0, 0.1) is 0 Å². The molecule has 16 heavy (non-hydrogen) atoms. The van der Waals surface area contributed by atoms with Crippen LogP contribution in [0.4, 0.5) is 0 Å². The summed E-state index contributed by atoms with van der Waals surface area (Å²) in [5.74, 6) is 1.59. The van der Waals surface area contributed by atoms with Crippen molar-refractivity contribution in [2.75, 3.05) is 6.61 Å². The van der Waals surface area contributed by atoms with Crippen molar-refractivity contribution in [2.45, 2.75) is 12.6 Å². The number of aromatic nitrogens is 3. The largest absolute Gasteiger partial charge is 0.486 e. The normalized spacial score (nSPS) is 18.4. The fraction of sp³-hybridized carbons (Fsp3) is 0.273. The van der Waals surface area contributed by atoms with Crippen LogP contribution in [0.25, 0.3) is 0 Å². The highest BCUT2D eigenvalue weighted by atomic mass is 16.6. The second-order valence-electron chi connectivity index (χ2n) is 3.62. The molecule has 2 heterocycles. The first-order valence-corrected chi connectivity index (χ1v) is 5.14. The minimum atomic E-state index is -0.0170. The summed E-state index contributed by atoms with van der Waals surface area (Å²) < 4.78 is 13.1. The molecule has 2 aromatic rings. The molecular formula is C11H11N3O2. The van der Waals surface area contributed by atoms with Crippen molar-refractivity contribution in [1.29, 1.82) is 0 Å². The summed E-state index contributed by atoms with van der Waals surface area (Å²) in [6.45, 7) is 1.19. The molecule has 3 rings (SSSR count). The molecular weight excluding hydrogens is 206 g/mol. The number of nitrogens with zero attached hydrogens (tertiary/aromatic N) is 3. The van der Waals surface area contributed by atoms with Crippen molar-refractivity contribution in [2.24, 2.45) is 0 Å². The summed E-state index contributed by atoms with van der Waals surface area (Å²) in [6.07, 6.45) is 3.44. The minimum absolute atomic E-state index is 0.0170. The molecule has 0 fully saturated rings. The summed E-state index contributed by atoms with van der Waals surface area (Å²) in [5.41, 5.74) is 0. The maximum atomic E-state index is 5.79. The van der Waals surface area contributed by atoms with Crippen LogP contribution in [-0.2, 0) is 6.54 Å². The molecule has 0 saturated heterocycles. The first-order valence-electron chi connectivity index (χ1n) is 5.14. The van der Waals surface area contributed by atoms with E-state index in [2.05, 4.69) is 10.3 Å². The highest BCUT2D eigenvalue weighted by Gasteiger charge is 2.20. The van der Waals surface area contributed by atoms with Gasteiger partial charge in [0.2, 0.25) is 0 Å². The van der Waals surface area contributed by atoms with Gasteiger partial charge >= 0.3 is 0 Å². The maximum Gasteiger partial charge on any atom is 0.161 e.